The van der Waals surface area contributed by atoms with Crippen molar-refractivity contribution in [2.45, 2.75) is 52.7 Å². The molecular formula is C16H28N4O. The number of anilines is 1. The molecule has 1 N–H and O–H groups in total. The largest absolute Gasteiger partial charge is 0.475 e. The fraction of sp³-hybridized carbons (Fsp3) is 0.750. The summed E-state index contributed by atoms with van der Waals surface area (Å²) in [7, 11) is 0. The number of hydrogen-bond donors (Lipinski definition) is 1. The Labute approximate surface area is 128 Å². The van der Waals surface area contributed by atoms with Crippen molar-refractivity contribution in [3.05, 3.63) is 12.4 Å². The second kappa shape index (κ2) is 7.59. The molecule has 0 saturated carbocycles. The van der Waals surface area contributed by atoms with Crippen LogP contribution in [0.5, 0.6) is 5.88 Å². The van der Waals surface area contributed by atoms with Gasteiger partial charge in [0.1, 0.15) is 12.1 Å². The van der Waals surface area contributed by atoms with Gasteiger partial charge in [0.25, 0.3) is 0 Å². The van der Waals surface area contributed by atoms with Crippen LogP contribution in [-0.4, -0.2) is 41.7 Å². The predicted octanol–water partition coefficient (Wildman–Crippen LogP) is 2.48. The van der Waals surface area contributed by atoms with Crippen LogP contribution in [0.25, 0.3) is 0 Å². The Morgan fingerprint density at radius 1 is 1.33 bits per heavy atom. The van der Waals surface area contributed by atoms with Crippen LogP contribution in [0.3, 0.4) is 0 Å². The van der Waals surface area contributed by atoms with Crippen LogP contribution < -0.4 is 15.0 Å². The van der Waals surface area contributed by atoms with Crippen LogP contribution in [0, 0.1) is 5.92 Å². The van der Waals surface area contributed by atoms with Gasteiger partial charge >= 0.3 is 0 Å². The molecule has 1 aliphatic rings. The normalized spacial score (nSPS) is 19.0. The second-order valence-corrected chi connectivity index (χ2v) is 6.34. The maximum atomic E-state index is 5.68. The highest BCUT2D eigenvalue weighted by atomic mass is 16.5. The van der Waals surface area contributed by atoms with Crippen LogP contribution in [0.2, 0.25) is 0 Å². The van der Waals surface area contributed by atoms with Crippen LogP contribution in [0.1, 0.15) is 40.5 Å². The molecule has 1 saturated heterocycles. The summed E-state index contributed by atoms with van der Waals surface area (Å²) in [6.45, 7) is 11.7. The summed E-state index contributed by atoms with van der Waals surface area (Å²) in [5.74, 6) is 2.30. The lowest BCUT2D eigenvalue weighted by molar-refractivity contribution is 0.232. The molecule has 21 heavy (non-hydrogen) atoms. The standard InChI is InChI=1S/C16H28N4O/c1-12(2)20(10-14-6-5-7-17-9-14)15-8-16(19-11-18-15)21-13(3)4/h8,11-14,17H,5-7,9-10H2,1-4H3. The third kappa shape index (κ3) is 4.84. The van der Waals surface area contributed by atoms with Crippen LogP contribution >= 0.6 is 0 Å². The van der Waals surface area contributed by atoms with E-state index in [1.807, 2.05) is 19.9 Å². The minimum absolute atomic E-state index is 0.128. The van der Waals surface area contributed by atoms with Crippen molar-refractivity contribution in [2.24, 2.45) is 5.92 Å². The molecule has 2 heterocycles. The average Bonchev–Trinajstić information content (AvgIpc) is 2.45. The van der Waals surface area contributed by atoms with E-state index in [1.54, 1.807) is 6.33 Å². The summed E-state index contributed by atoms with van der Waals surface area (Å²) >= 11 is 0. The molecule has 0 aliphatic carbocycles. The van der Waals surface area contributed by atoms with E-state index in [2.05, 4.69) is 34.0 Å². The SMILES string of the molecule is CC(C)Oc1cc(N(CC2CCCNC2)C(C)C)ncn1. The second-order valence-electron chi connectivity index (χ2n) is 6.34. The third-order valence-electron chi connectivity index (χ3n) is 3.76. The molecule has 5 nitrogen and oxygen atoms in total. The highest BCUT2D eigenvalue weighted by Gasteiger charge is 2.20. The monoisotopic (exact) mass is 292 g/mol. The highest BCUT2D eigenvalue weighted by Crippen LogP contribution is 2.22. The number of piperidine rings is 1. The minimum atomic E-state index is 0.128. The Balaban J connectivity index is 2.09. The number of ether oxygens (including phenoxy) is 1. The molecule has 0 aromatic carbocycles. The zero-order valence-electron chi connectivity index (χ0n) is 13.7. The van der Waals surface area contributed by atoms with Crippen molar-refractivity contribution in [3.63, 3.8) is 0 Å². The number of nitrogens with one attached hydrogen (secondary N) is 1. The van der Waals surface area contributed by atoms with Gasteiger partial charge in [-0.2, -0.15) is 0 Å². The van der Waals surface area contributed by atoms with Gasteiger partial charge in [-0.15, -0.1) is 0 Å². The molecule has 0 spiro atoms. The molecule has 1 fully saturated rings. The Morgan fingerprint density at radius 3 is 2.76 bits per heavy atom. The Kier molecular flexibility index (Phi) is 5.79. The Bertz CT molecular complexity index is 430. The summed E-state index contributed by atoms with van der Waals surface area (Å²) < 4.78 is 5.68. The van der Waals surface area contributed by atoms with E-state index in [4.69, 9.17) is 4.74 Å². The van der Waals surface area contributed by atoms with Gasteiger partial charge in [-0.25, -0.2) is 9.97 Å². The van der Waals surface area contributed by atoms with Crippen molar-refractivity contribution >= 4 is 5.82 Å². The lowest BCUT2D eigenvalue weighted by atomic mass is 9.98. The van der Waals surface area contributed by atoms with E-state index in [0.29, 0.717) is 17.8 Å². The molecule has 1 aromatic heterocycles. The fourth-order valence-electron chi connectivity index (χ4n) is 2.72. The van der Waals surface area contributed by atoms with Crippen LogP contribution in [0.4, 0.5) is 5.82 Å². The molecule has 0 amide bonds. The van der Waals surface area contributed by atoms with E-state index in [0.717, 1.165) is 25.5 Å². The zero-order chi connectivity index (χ0) is 15.2. The van der Waals surface area contributed by atoms with Gasteiger partial charge in [0, 0.05) is 18.7 Å². The molecule has 1 unspecified atom stereocenters. The fourth-order valence-corrected chi connectivity index (χ4v) is 2.72. The van der Waals surface area contributed by atoms with E-state index in [1.165, 1.54) is 12.8 Å². The average molecular weight is 292 g/mol. The number of nitrogens with zero attached hydrogens (tertiary/aromatic N) is 3. The molecule has 2 rings (SSSR count). The molecular weight excluding hydrogens is 264 g/mol. The molecule has 0 radical (unpaired) electrons. The number of aromatic nitrogens is 2. The number of hydrogen-bond acceptors (Lipinski definition) is 5. The van der Waals surface area contributed by atoms with Crippen LogP contribution in [0.15, 0.2) is 12.4 Å². The maximum absolute atomic E-state index is 5.68. The van der Waals surface area contributed by atoms with E-state index in [-0.39, 0.29) is 6.10 Å². The van der Waals surface area contributed by atoms with Gasteiger partial charge < -0.3 is 15.0 Å². The van der Waals surface area contributed by atoms with Crippen molar-refractivity contribution < 1.29 is 4.74 Å². The number of rotatable bonds is 6. The van der Waals surface area contributed by atoms with Crippen LogP contribution in [-0.2, 0) is 0 Å². The summed E-state index contributed by atoms with van der Waals surface area (Å²) in [5.41, 5.74) is 0. The van der Waals surface area contributed by atoms with Gasteiger partial charge in [0.2, 0.25) is 5.88 Å². The smallest absolute Gasteiger partial charge is 0.218 e. The Morgan fingerprint density at radius 2 is 2.14 bits per heavy atom. The van der Waals surface area contributed by atoms with Crippen molar-refractivity contribution in [1.29, 1.82) is 0 Å². The summed E-state index contributed by atoms with van der Waals surface area (Å²) in [6.07, 6.45) is 4.28. The first-order chi connectivity index (χ1) is 10.1. The minimum Gasteiger partial charge on any atom is -0.475 e. The van der Waals surface area contributed by atoms with E-state index in [9.17, 15) is 0 Å². The molecule has 1 atom stereocenters. The van der Waals surface area contributed by atoms with Gasteiger partial charge in [0.15, 0.2) is 0 Å². The molecule has 118 valence electrons. The van der Waals surface area contributed by atoms with Gasteiger partial charge in [-0.1, -0.05) is 0 Å². The van der Waals surface area contributed by atoms with E-state index >= 15 is 0 Å². The summed E-state index contributed by atoms with van der Waals surface area (Å²) in [4.78, 5) is 11.0. The first-order valence-corrected chi connectivity index (χ1v) is 8.02. The highest BCUT2D eigenvalue weighted by molar-refractivity contribution is 5.41. The third-order valence-corrected chi connectivity index (χ3v) is 3.76. The van der Waals surface area contributed by atoms with Crippen molar-refractivity contribution in [2.75, 3.05) is 24.5 Å². The van der Waals surface area contributed by atoms with Crippen molar-refractivity contribution in [3.8, 4) is 5.88 Å². The molecule has 0 bridgehead atoms. The first kappa shape index (κ1) is 16.0. The quantitative estimate of drug-likeness (QED) is 0.873. The zero-order valence-corrected chi connectivity index (χ0v) is 13.7. The van der Waals surface area contributed by atoms with Gasteiger partial charge in [0.05, 0.1) is 6.10 Å². The summed E-state index contributed by atoms with van der Waals surface area (Å²) in [6, 6.07) is 2.37. The maximum Gasteiger partial charge on any atom is 0.218 e. The van der Waals surface area contributed by atoms with Gasteiger partial charge in [-0.05, 0) is 59.5 Å². The molecule has 1 aliphatic heterocycles. The lowest BCUT2D eigenvalue weighted by Gasteiger charge is -2.33. The van der Waals surface area contributed by atoms with Crippen molar-refractivity contribution in [1.82, 2.24) is 15.3 Å². The molecule has 5 heteroatoms. The van der Waals surface area contributed by atoms with E-state index < -0.39 is 0 Å². The topological polar surface area (TPSA) is 50.3 Å². The first-order valence-electron chi connectivity index (χ1n) is 8.02. The Hall–Kier alpha value is -1.36. The predicted molar refractivity (Wildman–Crippen MR) is 85.9 cm³/mol. The summed E-state index contributed by atoms with van der Waals surface area (Å²) in [5, 5.41) is 3.48. The lowest BCUT2D eigenvalue weighted by Crippen LogP contribution is -2.41. The van der Waals surface area contributed by atoms with Gasteiger partial charge in [-0.3, -0.25) is 0 Å². The molecule has 1 aromatic rings.